The Labute approximate surface area is 199 Å². The number of benzene rings is 1. The van der Waals surface area contributed by atoms with Crippen LogP contribution < -0.4 is 4.90 Å². The number of hydrogen-bond acceptors (Lipinski definition) is 6. The van der Waals surface area contributed by atoms with Crippen molar-refractivity contribution in [2.24, 2.45) is 5.92 Å². The number of amides is 1. The lowest BCUT2D eigenvalue weighted by Crippen LogP contribution is -2.23. The first-order chi connectivity index (χ1) is 15.6. The fraction of sp³-hybridized carbons (Fsp3) is 0.440. The highest BCUT2D eigenvalue weighted by Crippen LogP contribution is 2.32. The molecule has 0 saturated carbocycles. The van der Waals surface area contributed by atoms with Crippen LogP contribution in [0.3, 0.4) is 0 Å². The average Bonchev–Trinajstić information content (AvgIpc) is 3.29. The summed E-state index contributed by atoms with van der Waals surface area (Å²) in [6, 6.07) is 5.85. The number of carbonyl (C=O) groups excluding carboxylic acids is 2. The van der Waals surface area contributed by atoms with E-state index in [1.165, 1.54) is 18.3 Å². The van der Waals surface area contributed by atoms with Gasteiger partial charge < -0.3 is 4.74 Å². The molecule has 0 aliphatic carbocycles. The molecule has 0 unspecified atom stereocenters. The summed E-state index contributed by atoms with van der Waals surface area (Å²) in [5.74, 6) is 0.0311. The molecule has 0 radical (unpaired) electrons. The molecule has 33 heavy (non-hydrogen) atoms. The van der Waals surface area contributed by atoms with Crippen molar-refractivity contribution in [3.05, 3.63) is 57.4 Å². The van der Waals surface area contributed by atoms with Crippen LogP contribution in [-0.4, -0.2) is 26.6 Å². The van der Waals surface area contributed by atoms with E-state index < -0.39 is 0 Å². The van der Waals surface area contributed by atoms with Crippen LogP contribution in [0.15, 0.2) is 23.6 Å². The summed E-state index contributed by atoms with van der Waals surface area (Å²) in [6.07, 6.45) is 0.175. The lowest BCUT2D eigenvalue weighted by molar-refractivity contribution is -0.144. The van der Waals surface area contributed by atoms with Crippen LogP contribution in [-0.2, 0) is 33.9 Å². The molecule has 1 aromatic carbocycles. The Kier molecular flexibility index (Phi) is 7.68. The minimum atomic E-state index is -0.321. The van der Waals surface area contributed by atoms with Crippen LogP contribution >= 0.6 is 11.3 Å². The zero-order valence-electron chi connectivity index (χ0n) is 20.4. The molecule has 0 atom stereocenters. The van der Waals surface area contributed by atoms with E-state index in [2.05, 4.69) is 23.9 Å². The van der Waals surface area contributed by atoms with Crippen LogP contribution in [0.4, 0.5) is 10.8 Å². The molecule has 1 amide bonds. The van der Waals surface area contributed by atoms with Gasteiger partial charge in [-0.1, -0.05) is 26.0 Å². The molecule has 0 bridgehead atoms. The number of ether oxygens (including phenoxy) is 1. The first kappa shape index (κ1) is 24.6. The molecule has 8 heteroatoms. The Bertz CT molecular complexity index is 1160. The SMILES string of the molecule is CC(=O)N(c1nc(COC(=O)Cc2c(C)nn(CC(C)C)c2C)cs1)c1cccc(C)c1C. The third kappa shape index (κ3) is 5.68. The average molecular weight is 469 g/mol. The lowest BCUT2D eigenvalue weighted by Gasteiger charge is -2.21. The second-order valence-corrected chi connectivity index (χ2v) is 9.59. The molecule has 0 spiro atoms. The summed E-state index contributed by atoms with van der Waals surface area (Å²) < 4.78 is 7.46. The van der Waals surface area contributed by atoms with Gasteiger partial charge in [0.15, 0.2) is 5.13 Å². The van der Waals surface area contributed by atoms with Gasteiger partial charge in [-0.25, -0.2) is 4.98 Å². The molecule has 2 aromatic heterocycles. The molecule has 0 saturated heterocycles. The number of anilines is 2. The Morgan fingerprint density at radius 3 is 2.58 bits per heavy atom. The van der Waals surface area contributed by atoms with E-state index >= 15 is 0 Å². The van der Waals surface area contributed by atoms with Crippen LogP contribution in [0.2, 0.25) is 0 Å². The normalized spacial score (nSPS) is 11.2. The molecule has 176 valence electrons. The molecule has 7 nitrogen and oxygen atoms in total. The topological polar surface area (TPSA) is 77.3 Å². The minimum Gasteiger partial charge on any atom is -0.459 e. The number of nitrogens with zero attached hydrogens (tertiary/aromatic N) is 4. The van der Waals surface area contributed by atoms with Crippen molar-refractivity contribution in [3.8, 4) is 0 Å². The van der Waals surface area contributed by atoms with Crippen LogP contribution in [0.5, 0.6) is 0 Å². The molecule has 3 rings (SSSR count). The van der Waals surface area contributed by atoms with Gasteiger partial charge in [-0.2, -0.15) is 5.10 Å². The van der Waals surface area contributed by atoms with Gasteiger partial charge in [0.2, 0.25) is 5.91 Å². The predicted octanol–water partition coefficient (Wildman–Crippen LogP) is 5.20. The summed E-state index contributed by atoms with van der Waals surface area (Å²) in [7, 11) is 0. The van der Waals surface area contributed by atoms with Gasteiger partial charge in [0.1, 0.15) is 6.61 Å². The van der Waals surface area contributed by atoms with Gasteiger partial charge in [-0.05, 0) is 50.8 Å². The molecular weight excluding hydrogens is 436 g/mol. The number of esters is 1. The standard InChI is InChI=1S/C25H32N4O3S/c1-15(2)12-28-19(6)22(18(5)27-28)11-24(31)32-13-21-14-33-25(26-21)29(20(7)30)23-10-8-9-16(3)17(23)4/h8-10,14-15H,11-13H2,1-7H3. The van der Waals surface area contributed by atoms with E-state index in [-0.39, 0.29) is 24.9 Å². The number of thiazole rings is 1. The maximum atomic E-state index is 12.5. The highest BCUT2D eigenvalue weighted by molar-refractivity contribution is 7.14. The monoisotopic (exact) mass is 468 g/mol. The van der Waals surface area contributed by atoms with Crippen molar-refractivity contribution in [2.75, 3.05) is 4.90 Å². The van der Waals surface area contributed by atoms with Gasteiger partial charge in [-0.3, -0.25) is 19.2 Å². The molecule has 0 fully saturated rings. The Balaban J connectivity index is 1.68. The highest BCUT2D eigenvalue weighted by atomic mass is 32.1. The zero-order valence-corrected chi connectivity index (χ0v) is 21.2. The molecular formula is C25H32N4O3S. The number of aromatic nitrogens is 3. The van der Waals surface area contributed by atoms with Gasteiger partial charge >= 0.3 is 5.97 Å². The van der Waals surface area contributed by atoms with Gasteiger partial charge in [-0.15, -0.1) is 11.3 Å². The minimum absolute atomic E-state index is 0.0616. The number of carbonyl (C=O) groups is 2. The van der Waals surface area contributed by atoms with Gasteiger partial charge in [0, 0.05) is 30.1 Å². The van der Waals surface area contributed by atoms with E-state index in [0.717, 1.165) is 40.3 Å². The van der Waals surface area contributed by atoms with E-state index in [4.69, 9.17) is 4.74 Å². The van der Waals surface area contributed by atoms with Crippen molar-refractivity contribution in [2.45, 2.75) is 68.0 Å². The van der Waals surface area contributed by atoms with E-state index in [0.29, 0.717) is 16.7 Å². The maximum absolute atomic E-state index is 12.5. The third-order valence-corrected chi connectivity index (χ3v) is 6.51. The molecule has 0 N–H and O–H groups in total. The Morgan fingerprint density at radius 2 is 1.91 bits per heavy atom. The smallest absolute Gasteiger partial charge is 0.310 e. The zero-order chi connectivity index (χ0) is 24.3. The summed E-state index contributed by atoms with van der Waals surface area (Å²) in [4.78, 5) is 31.1. The highest BCUT2D eigenvalue weighted by Gasteiger charge is 2.21. The van der Waals surface area contributed by atoms with E-state index in [1.807, 2.05) is 56.0 Å². The van der Waals surface area contributed by atoms with Crippen LogP contribution in [0.1, 0.15) is 54.5 Å². The van der Waals surface area contributed by atoms with Crippen molar-refractivity contribution in [1.29, 1.82) is 0 Å². The van der Waals surface area contributed by atoms with Crippen molar-refractivity contribution >= 4 is 34.0 Å². The number of aryl methyl sites for hydroxylation is 2. The largest absolute Gasteiger partial charge is 0.459 e. The van der Waals surface area contributed by atoms with Crippen molar-refractivity contribution in [3.63, 3.8) is 0 Å². The molecule has 3 aromatic rings. The fourth-order valence-electron chi connectivity index (χ4n) is 3.71. The van der Waals surface area contributed by atoms with Crippen molar-refractivity contribution < 1.29 is 14.3 Å². The Hall–Kier alpha value is -3.00. The summed E-state index contributed by atoms with van der Waals surface area (Å²) in [5.41, 5.74) is 6.32. The quantitative estimate of drug-likeness (QED) is 0.425. The predicted molar refractivity (Wildman–Crippen MR) is 131 cm³/mol. The van der Waals surface area contributed by atoms with Gasteiger partial charge in [0.05, 0.1) is 23.5 Å². The first-order valence-corrected chi connectivity index (χ1v) is 12.0. The Morgan fingerprint density at radius 1 is 1.18 bits per heavy atom. The molecule has 2 heterocycles. The summed E-state index contributed by atoms with van der Waals surface area (Å²) in [6.45, 7) is 14.6. The number of hydrogen-bond donors (Lipinski definition) is 0. The van der Waals surface area contributed by atoms with Gasteiger partial charge in [0.25, 0.3) is 0 Å². The number of rotatable bonds is 8. The van der Waals surface area contributed by atoms with E-state index in [9.17, 15) is 9.59 Å². The van der Waals surface area contributed by atoms with E-state index in [1.54, 1.807) is 4.90 Å². The van der Waals surface area contributed by atoms with Crippen molar-refractivity contribution in [1.82, 2.24) is 14.8 Å². The second-order valence-electron chi connectivity index (χ2n) is 8.76. The summed E-state index contributed by atoms with van der Waals surface area (Å²) in [5, 5.41) is 6.94. The first-order valence-electron chi connectivity index (χ1n) is 11.1. The maximum Gasteiger partial charge on any atom is 0.310 e. The lowest BCUT2D eigenvalue weighted by atomic mass is 10.1. The van der Waals surface area contributed by atoms with Crippen LogP contribution in [0.25, 0.3) is 0 Å². The molecule has 0 aliphatic rings. The third-order valence-electron chi connectivity index (χ3n) is 5.63. The summed E-state index contributed by atoms with van der Waals surface area (Å²) >= 11 is 1.35. The van der Waals surface area contributed by atoms with Crippen LogP contribution in [0, 0.1) is 33.6 Å². The second kappa shape index (κ2) is 10.3. The molecule has 0 aliphatic heterocycles. The fourth-order valence-corrected chi connectivity index (χ4v) is 4.58.